The topological polar surface area (TPSA) is 35.4 Å². The lowest BCUT2D eigenvalue weighted by Crippen LogP contribution is -2.20. The van der Waals surface area contributed by atoms with Gasteiger partial charge in [-0.1, -0.05) is 0 Å². The van der Waals surface area contributed by atoms with E-state index in [9.17, 15) is 0 Å². The zero-order valence-corrected chi connectivity index (χ0v) is 12.5. The fourth-order valence-electron chi connectivity index (χ4n) is 2.23. The Morgan fingerprint density at radius 3 is 2.60 bits per heavy atom. The van der Waals surface area contributed by atoms with Gasteiger partial charge in [0.1, 0.15) is 11.5 Å². The maximum absolute atomic E-state index is 5.43. The van der Waals surface area contributed by atoms with Gasteiger partial charge in [0.2, 0.25) is 0 Å². The fraction of sp³-hybridized carbons (Fsp3) is 0.375. The lowest BCUT2D eigenvalue weighted by Gasteiger charge is -2.18. The molecule has 1 heterocycles. The molecule has 0 saturated carbocycles. The van der Waals surface area contributed by atoms with Crippen LogP contribution < -0.4 is 14.8 Å². The minimum Gasteiger partial charge on any atom is -0.497 e. The Morgan fingerprint density at radius 2 is 2.00 bits per heavy atom. The lowest BCUT2D eigenvalue weighted by molar-refractivity contribution is 0.391. The van der Waals surface area contributed by atoms with Gasteiger partial charge < -0.3 is 19.4 Å². The predicted octanol–water partition coefficient (Wildman–Crippen LogP) is 2.89. The van der Waals surface area contributed by atoms with Crippen LogP contribution in [0.5, 0.6) is 11.5 Å². The Kier molecular flexibility index (Phi) is 4.69. The number of nitrogens with one attached hydrogen (secondary N) is 1. The van der Waals surface area contributed by atoms with Crippen molar-refractivity contribution in [1.29, 1.82) is 0 Å². The molecule has 1 atom stereocenters. The summed E-state index contributed by atoms with van der Waals surface area (Å²) in [5, 5.41) is 3.51. The summed E-state index contributed by atoms with van der Waals surface area (Å²) >= 11 is 0. The zero-order chi connectivity index (χ0) is 14.5. The summed E-state index contributed by atoms with van der Waals surface area (Å²) in [4.78, 5) is 0. The third-order valence-electron chi connectivity index (χ3n) is 3.54. The summed E-state index contributed by atoms with van der Waals surface area (Å²) in [6.07, 6.45) is 2.05. The maximum Gasteiger partial charge on any atom is 0.123 e. The summed E-state index contributed by atoms with van der Waals surface area (Å²) < 4.78 is 12.8. The molecule has 2 aromatic rings. The molecule has 1 N–H and O–H groups in total. The first-order chi connectivity index (χ1) is 9.65. The summed E-state index contributed by atoms with van der Waals surface area (Å²) in [6, 6.07) is 10.2. The van der Waals surface area contributed by atoms with Crippen molar-refractivity contribution in [2.75, 3.05) is 14.2 Å². The van der Waals surface area contributed by atoms with Gasteiger partial charge in [-0.15, -0.1) is 0 Å². The van der Waals surface area contributed by atoms with Crippen molar-refractivity contribution in [1.82, 2.24) is 9.88 Å². The van der Waals surface area contributed by atoms with E-state index in [0.29, 0.717) is 0 Å². The first-order valence-corrected chi connectivity index (χ1v) is 6.71. The maximum atomic E-state index is 5.43. The van der Waals surface area contributed by atoms with Crippen LogP contribution in [0.15, 0.2) is 36.5 Å². The predicted molar refractivity (Wildman–Crippen MR) is 80.2 cm³/mol. The molecule has 0 aliphatic carbocycles. The van der Waals surface area contributed by atoms with Crippen molar-refractivity contribution >= 4 is 0 Å². The highest BCUT2D eigenvalue weighted by molar-refractivity contribution is 5.42. The van der Waals surface area contributed by atoms with E-state index in [1.54, 1.807) is 14.2 Å². The second-order valence-electron chi connectivity index (χ2n) is 4.82. The Hall–Kier alpha value is -1.94. The Balaban J connectivity index is 2.11. The van der Waals surface area contributed by atoms with Gasteiger partial charge >= 0.3 is 0 Å². The highest BCUT2D eigenvalue weighted by Gasteiger charge is 2.12. The SMILES string of the molecule is COc1ccc(OC)c(C(C)NCc2cccn2C)c1. The number of rotatable bonds is 6. The van der Waals surface area contributed by atoms with Crippen LogP contribution in [0.3, 0.4) is 0 Å². The molecule has 1 unspecified atom stereocenters. The van der Waals surface area contributed by atoms with E-state index in [1.807, 2.05) is 37.5 Å². The number of aromatic nitrogens is 1. The summed E-state index contributed by atoms with van der Waals surface area (Å²) in [5.74, 6) is 1.71. The van der Waals surface area contributed by atoms with Crippen LogP contribution in [0.4, 0.5) is 0 Å². The molecule has 0 spiro atoms. The number of hydrogen-bond acceptors (Lipinski definition) is 3. The molecule has 4 nitrogen and oxygen atoms in total. The molecule has 0 aliphatic rings. The van der Waals surface area contributed by atoms with E-state index in [0.717, 1.165) is 23.6 Å². The molecule has 0 fully saturated rings. The van der Waals surface area contributed by atoms with Crippen LogP contribution >= 0.6 is 0 Å². The molecule has 108 valence electrons. The van der Waals surface area contributed by atoms with Gasteiger partial charge in [0.05, 0.1) is 14.2 Å². The number of methoxy groups -OCH3 is 2. The molecule has 4 heteroatoms. The van der Waals surface area contributed by atoms with Crippen LogP contribution in [0.2, 0.25) is 0 Å². The number of ether oxygens (including phenoxy) is 2. The molecule has 2 rings (SSSR count). The van der Waals surface area contributed by atoms with Crippen molar-refractivity contribution in [2.45, 2.75) is 19.5 Å². The van der Waals surface area contributed by atoms with Crippen molar-refractivity contribution in [3.63, 3.8) is 0 Å². The number of nitrogens with zero attached hydrogens (tertiary/aromatic N) is 1. The van der Waals surface area contributed by atoms with E-state index in [1.165, 1.54) is 5.69 Å². The number of hydrogen-bond donors (Lipinski definition) is 1. The zero-order valence-electron chi connectivity index (χ0n) is 12.5. The summed E-state index contributed by atoms with van der Waals surface area (Å²) in [6.45, 7) is 2.94. The summed E-state index contributed by atoms with van der Waals surface area (Å²) in [7, 11) is 5.41. The second kappa shape index (κ2) is 6.48. The molecule has 20 heavy (non-hydrogen) atoms. The van der Waals surface area contributed by atoms with Crippen molar-refractivity contribution in [3.8, 4) is 11.5 Å². The van der Waals surface area contributed by atoms with Crippen LogP contribution in [0, 0.1) is 0 Å². The van der Waals surface area contributed by atoms with E-state index in [4.69, 9.17) is 9.47 Å². The standard InChI is InChI=1S/C16H22N2O2/c1-12(17-11-13-6-5-9-18(13)2)15-10-14(19-3)7-8-16(15)20-4/h5-10,12,17H,11H2,1-4H3. The largest absolute Gasteiger partial charge is 0.497 e. The molecular formula is C16H22N2O2. The molecule has 0 amide bonds. The van der Waals surface area contributed by atoms with Crippen molar-refractivity contribution < 1.29 is 9.47 Å². The summed E-state index contributed by atoms with van der Waals surface area (Å²) in [5.41, 5.74) is 2.35. The quantitative estimate of drug-likeness (QED) is 0.879. The minimum absolute atomic E-state index is 0.176. The fourth-order valence-corrected chi connectivity index (χ4v) is 2.23. The Bertz CT molecular complexity index is 563. The third kappa shape index (κ3) is 3.14. The average molecular weight is 274 g/mol. The van der Waals surface area contributed by atoms with Gasteiger partial charge in [-0.2, -0.15) is 0 Å². The number of aryl methyl sites for hydroxylation is 1. The van der Waals surface area contributed by atoms with Crippen molar-refractivity contribution in [3.05, 3.63) is 47.8 Å². The lowest BCUT2D eigenvalue weighted by atomic mass is 10.1. The first-order valence-electron chi connectivity index (χ1n) is 6.71. The molecule has 0 saturated heterocycles. The molecule has 0 aliphatic heterocycles. The van der Waals surface area contributed by atoms with Gasteiger partial charge in [0.15, 0.2) is 0 Å². The Morgan fingerprint density at radius 1 is 1.20 bits per heavy atom. The Labute approximate surface area is 120 Å². The molecule has 0 radical (unpaired) electrons. The molecule has 1 aromatic carbocycles. The van der Waals surface area contributed by atoms with E-state index in [-0.39, 0.29) is 6.04 Å². The van der Waals surface area contributed by atoms with Gasteiger partial charge in [0.25, 0.3) is 0 Å². The van der Waals surface area contributed by atoms with Crippen molar-refractivity contribution in [2.24, 2.45) is 7.05 Å². The number of benzene rings is 1. The van der Waals surface area contributed by atoms with E-state index >= 15 is 0 Å². The minimum atomic E-state index is 0.176. The van der Waals surface area contributed by atoms with E-state index < -0.39 is 0 Å². The normalized spacial score (nSPS) is 12.2. The molecule has 1 aromatic heterocycles. The highest BCUT2D eigenvalue weighted by Crippen LogP contribution is 2.29. The molecular weight excluding hydrogens is 252 g/mol. The van der Waals surface area contributed by atoms with Crippen LogP contribution in [-0.2, 0) is 13.6 Å². The third-order valence-corrected chi connectivity index (χ3v) is 3.54. The van der Waals surface area contributed by atoms with Gasteiger partial charge in [0, 0.05) is 37.1 Å². The van der Waals surface area contributed by atoms with Crippen LogP contribution in [0.25, 0.3) is 0 Å². The molecule has 0 bridgehead atoms. The van der Waals surface area contributed by atoms with Gasteiger partial charge in [-0.25, -0.2) is 0 Å². The second-order valence-corrected chi connectivity index (χ2v) is 4.82. The highest BCUT2D eigenvalue weighted by atomic mass is 16.5. The smallest absolute Gasteiger partial charge is 0.123 e. The van der Waals surface area contributed by atoms with Gasteiger partial charge in [-0.05, 0) is 37.3 Å². The van der Waals surface area contributed by atoms with Crippen LogP contribution in [-0.4, -0.2) is 18.8 Å². The van der Waals surface area contributed by atoms with E-state index in [2.05, 4.69) is 22.9 Å². The first kappa shape index (κ1) is 14.5. The monoisotopic (exact) mass is 274 g/mol. The van der Waals surface area contributed by atoms with Gasteiger partial charge in [-0.3, -0.25) is 0 Å². The average Bonchev–Trinajstić information content (AvgIpc) is 2.89. The van der Waals surface area contributed by atoms with Crippen LogP contribution in [0.1, 0.15) is 24.2 Å².